The third-order valence-electron chi connectivity index (χ3n) is 4.42. The third-order valence-corrected chi connectivity index (χ3v) is 6.80. The molecule has 0 spiro atoms. The molecule has 6 nitrogen and oxygen atoms in total. The molecule has 0 unspecified atom stereocenters. The zero-order chi connectivity index (χ0) is 21.7. The summed E-state index contributed by atoms with van der Waals surface area (Å²) in [4.78, 5) is 12.5. The first-order valence-electron chi connectivity index (χ1n) is 9.19. The number of carbonyl (C=O) groups excluding carboxylic acids is 1. The van der Waals surface area contributed by atoms with Crippen molar-refractivity contribution >= 4 is 38.9 Å². The van der Waals surface area contributed by atoms with E-state index < -0.39 is 15.9 Å². The molecule has 156 valence electrons. The number of nitrogens with one attached hydrogen (secondary N) is 1. The van der Waals surface area contributed by atoms with Crippen LogP contribution in [0.3, 0.4) is 0 Å². The van der Waals surface area contributed by atoms with Crippen molar-refractivity contribution in [3.8, 4) is 5.75 Å². The Balaban J connectivity index is 1.93. The van der Waals surface area contributed by atoms with Gasteiger partial charge in [0.25, 0.3) is 15.9 Å². The number of benzene rings is 3. The number of para-hydroxylation sites is 1. The van der Waals surface area contributed by atoms with E-state index in [2.05, 4.69) is 5.32 Å². The van der Waals surface area contributed by atoms with Gasteiger partial charge in [-0.05, 0) is 55.5 Å². The lowest BCUT2D eigenvalue weighted by atomic mass is 10.2. The van der Waals surface area contributed by atoms with Crippen LogP contribution in [0.25, 0.3) is 0 Å². The molecule has 0 aliphatic rings. The van der Waals surface area contributed by atoms with Crippen molar-refractivity contribution in [1.82, 2.24) is 0 Å². The smallest absolute Gasteiger partial charge is 0.265 e. The Bertz CT molecular complexity index is 1150. The Morgan fingerprint density at radius 3 is 2.43 bits per heavy atom. The van der Waals surface area contributed by atoms with Gasteiger partial charge in [0.15, 0.2) is 0 Å². The van der Waals surface area contributed by atoms with E-state index in [0.29, 0.717) is 22.7 Å². The predicted molar refractivity (Wildman–Crippen MR) is 119 cm³/mol. The van der Waals surface area contributed by atoms with Crippen LogP contribution in [0.4, 0.5) is 11.4 Å². The standard InChI is InChI=1S/C22H21ClN2O4S/c1-3-25(18-9-5-4-6-10-18)30(27,28)21-15-17(12-13-20(21)23)24-22(26)16-8-7-11-19(14-16)29-2/h4-15H,3H2,1-2H3,(H,24,26). The van der Waals surface area contributed by atoms with E-state index in [1.165, 1.54) is 23.5 Å². The normalized spacial score (nSPS) is 11.0. The second-order valence-corrected chi connectivity index (χ2v) is 8.57. The minimum Gasteiger partial charge on any atom is -0.497 e. The average Bonchev–Trinajstić information content (AvgIpc) is 2.76. The van der Waals surface area contributed by atoms with E-state index in [0.717, 1.165) is 0 Å². The van der Waals surface area contributed by atoms with E-state index in [1.54, 1.807) is 61.5 Å². The molecule has 0 bridgehead atoms. The molecule has 0 saturated heterocycles. The fourth-order valence-electron chi connectivity index (χ4n) is 2.95. The number of hydrogen-bond donors (Lipinski definition) is 1. The number of ether oxygens (including phenoxy) is 1. The summed E-state index contributed by atoms with van der Waals surface area (Å²) in [5, 5.41) is 2.78. The lowest BCUT2D eigenvalue weighted by Crippen LogP contribution is -2.31. The summed E-state index contributed by atoms with van der Waals surface area (Å²) in [6.45, 7) is 1.97. The highest BCUT2D eigenvalue weighted by atomic mass is 35.5. The molecule has 1 amide bonds. The highest BCUT2D eigenvalue weighted by Crippen LogP contribution is 2.30. The van der Waals surface area contributed by atoms with Crippen LogP contribution < -0.4 is 14.4 Å². The average molecular weight is 445 g/mol. The number of halogens is 1. The number of nitrogens with zero attached hydrogens (tertiary/aromatic N) is 1. The number of rotatable bonds is 7. The van der Waals surface area contributed by atoms with Gasteiger partial charge in [0.2, 0.25) is 0 Å². The molecule has 0 heterocycles. The number of methoxy groups -OCH3 is 1. The lowest BCUT2D eigenvalue weighted by molar-refractivity contribution is 0.102. The van der Waals surface area contributed by atoms with E-state index >= 15 is 0 Å². The van der Waals surface area contributed by atoms with Gasteiger partial charge in [-0.3, -0.25) is 9.10 Å². The molecule has 3 aromatic carbocycles. The number of anilines is 2. The summed E-state index contributed by atoms with van der Waals surface area (Å²) in [6, 6.07) is 19.8. The summed E-state index contributed by atoms with van der Waals surface area (Å²) in [5.74, 6) is 0.151. The molecule has 3 aromatic rings. The first-order chi connectivity index (χ1) is 14.4. The lowest BCUT2D eigenvalue weighted by Gasteiger charge is -2.23. The largest absolute Gasteiger partial charge is 0.497 e. The monoisotopic (exact) mass is 444 g/mol. The van der Waals surface area contributed by atoms with Crippen molar-refractivity contribution < 1.29 is 17.9 Å². The molecule has 3 rings (SSSR count). The first kappa shape index (κ1) is 21.7. The van der Waals surface area contributed by atoms with Crippen molar-refractivity contribution in [3.63, 3.8) is 0 Å². The highest BCUT2D eigenvalue weighted by molar-refractivity contribution is 7.93. The SMILES string of the molecule is CCN(c1ccccc1)S(=O)(=O)c1cc(NC(=O)c2cccc(OC)c2)ccc1Cl. The quantitative estimate of drug-likeness (QED) is 0.567. The molecular weight excluding hydrogens is 424 g/mol. The molecule has 0 radical (unpaired) electrons. The molecule has 0 atom stereocenters. The summed E-state index contributed by atoms with van der Waals surface area (Å²) in [5.41, 5.74) is 1.23. The maximum Gasteiger partial charge on any atom is 0.265 e. The fraction of sp³-hybridized carbons (Fsp3) is 0.136. The van der Waals surface area contributed by atoms with Gasteiger partial charge in [0.1, 0.15) is 10.6 Å². The zero-order valence-corrected chi connectivity index (χ0v) is 18.1. The van der Waals surface area contributed by atoms with E-state index in [-0.39, 0.29) is 16.5 Å². The fourth-order valence-corrected chi connectivity index (χ4v) is 4.93. The van der Waals surface area contributed by atoms with Gasteiger partial charge in [0, 0.05) is 17.8 Å². The minimum atomic E-state index is -3.94. The van der Waals surface area contributed by atoms with Gasteiger partial charge in [-0.25, -0.2) is 8.42 Å². The van der Waals surface area contributed by atoms with Gasteiger partial charge >= 0.3 is 0 Å². The maximum atomic E-state index is 13.3. The first-order valence-corrected chi connectivity index (χ1v) is 11.0. The molecule has 0 fully saturated rings. The summed E-state index contributed by atoms with van der Waals surface area (Å²) >= 11 is 6.23. The van der Waals surface area contributed by atoms with Crippen molar-refractivity contribution in [2.24, 2.45) is 0 Å². The Morgan fingerprint density at radius 1 is 1.03 bits per heavy atom. The van der Waals surface area contributed by atoms with Gasteiger partial charge in [0.05, 0.1) is 17.8 Å². The number of carbonyl (C=O) groups is 1. The minimum absolute atomic E-state index is 0.0729. The number of sulfonamides is 1. The molecule has 0 saturated carbocycles. The second kappa shape index (κ2) is 9.19. The topological polar surface area (TPSA) is 75.7 Å². The van der Waals surface area contributed by atoms with Gasteiger partial charge in [-0.15, -0.1) is 0 Å². The van der Waals surface area contributed by atoms with Crippen LogP contribution in [0.2, 0.25) is 5.02 Å². The van der Waals surface area contributed by atoms with Gasteiger partial charge in [-0.2, -0.15) is 0 Å². The molecular formula is C22H21ClN2O4S. The van der Waals surface area contributed by atoms with Crippen LogP contribution in [-0.2, 0) is 10.0 Å². The molecule has 0 aliphatic heterocycles. The van der Waals surface area contributed by atoms with Crippen LogP contribution in [0.5, 0.6) is 5.75 Å². The summed E-state index contributed by atoms with van der Waals surface area (Å²) in [6.07, 6.45) is 0. The van der Waals surface area contributed by atoms with Crippen LogP contribution in [0.15, 0.2) is 77.7 Å². The van der Waals surface area contributed by atoms with Crippen LogP contribution in [0, 0.1) is 0 Å². The number of hydrogen-bond acceptors (Lipinski definition) is 4. The van der Waals surface area contributed by atoms with E-state index in [1.807, 2.05) is 6.07 Å². The van der Waals surface area contributed by atoms with Gasteiger partial charge in [-0.1, -0.05) is 35.9 Å². The van der Waals surface area contributed by atoms with Crippen molar-refractivity contribution in [2.75, 3.05) is 23.3 Å². The Kier molecular flexibility index (Phi) is 6.64. The highest BCUT2D eigenvalue weighted by Gasteiger charge is 2.26. The molecule has 30 heavy (non-hydrogen) atoms. The molecule has 0 aliphatic carbocycles. The number of amides is 1. The predicted octanol–water partition coefficient (Wildman–Crippen LogP) is 4.82. The van der Waals surface area contributed by atoms with Crippen molar-refractivity contribution in [3.05, 3.63) is 83.4 Å². The third kappa shape index (κ3) is 4.58. The van der Waals surface area contributed by atoms with Gasteiger partial charge < -0.3 is 10.1 Å². The van der Waals surface area contributed by atoms with E-state index in [9.17, 15) is 13.2 Å². The summed E-state index contributed by atoms with van der Waals surface area (Å²) < 4.78 is 33.0. The Labute approximate surface area is 181 Å². The molecule has 1 N–H and O–H groups in total. The van der Waals surface area contributed by atoms with Crippen molar-refractivity contribution in [2.45, 2.75) is 11.8 Å². The maximum absolute atomic E-state index is 13.3. The van der Waals surface area contributed by atoms with Crippen LogP contribution in [-0.4, -0.2) is 28.0 Å². The second-order valence-electron chi connectivity index (χ2n) is 6.34. The zero-order valence-electron chi connectivity index (χ0n) is 16.5. The van der Waals surface area contributed by atoms with Crippen molar-refractivity contribution in [1.29, 1.82) is 0 Å². The van der Waals surface area contributed by atoms with Crippen LogP contribution >= 0.6 is 11.6 Å². The summed E-state index contributed by atoms with van der Waals surface area (Å²) in [7, 11) is -2.42. The Hall–Kier alpha value is -3.03. The molecule has 0 aromatic heterocycles. The van der Waals surface area contributed by atoms with E-state index in [4.69, 9.17) is 16.3 Å². The van der Waals surface area contributed by atoms with Crippen LogP contribution in [0.1, 0.15) is 17.3 Å². The Morgan fingerprint density at radius 2 is 1.77 bits per heavy atom. The molecule has 8 heteroatoms.